The molecule has 1 aromatic rings. The molecule has 1 aliphatic rings. The third kappa shape index (κ3) is 39.0. The summed E-state index contributed by atoms with van der Waals surface area (Å²) in [6.07, 6.45) is 0.349. The van der Waals surface area contributed by atoms with E-state index in [1.54, 1.807) is 24.3 Å². The van der Waals surface area contributed by atoms with Gasteiger partial charge in [0, 0.05) is 46.1 Å². The van der Waals surface area contributed by atoms with Crippen LogP contribution in [-0.2, 0) is 48.1 Å². The van der Waals surface area contributed by atoms with Gasteiger partial charge in [-0.1, -0.05) is 123 Å². The third-order valence-electron chi connectivity index (χ3n) is 10.5. The molecule has 79 heavy (non-hydrogen) atoms. The van der Waals surface area contributed by atoms with Crippen molar-refractivity contribution in [2.45, 2.75) is 187 Å². The predicted molar refractivity (Wildman–Crippen MR) is 305 cm³/mol. The van der Waals surface area contributed by atoms with Crippen LogP contribution < -0.4 is 49.8 Å². The maximum absolute atomic E-state index is 12.4. The van der Waals surface area contributed by atoms with Crippen molar-refractivity contribution in [2.75, 3.05) is 33.3 Å². The van der Waals surface area contributed by atoms with Gasteiger partial charge >= 0.3 is 0 Å². The topological polar surface area (TPSA) is 379 Å². The van der Waals surface area contributed by atoms with Gasteiger partial charge in [0.1, 0.15) is 0 Å². The number of hydroxylamine groups is 4. The normalized spacial score (nSPS) is 13.1. The van der Waals surface area contributed by atoms with E-state index in [2.05, 4.69) is 48.8 Å². The Bertz CT molecular complexity index is 1780. The number of imide groups is 1. The van der Waals surface area contributed by atoms with E-state index >= 15 is 0 Å². The predicted octanol–water partition coefficient (Wildman–Crippen LogP) is 4.08. The van der Waals surface area contributed by atoms with E-state index in [9.17, 15) is 38.4 Å². The maximum atomic E-state index is 12.4. The van der Waals surface area contributed by atoms with E-state index in [1.165, 1.54) is 0 Å². The number of carbonyl (C=O) groups excluding carboxylic acids is 8. The average molecular weight is 1130 g/mol. The van der Waals surface area contributed by atoms with E-state index < -0.39 is 36.2 Å². The Hall–Kier alpha value is -5.18. The van der Waals surface area contributed by atoms with Crippen molar-refractivity contribution >= 4 is 47.3 Å². The lowest BCUT2D eigenvalue weighted by Crippen LogP contribution is -2.44. The summed E-state index contributed by atoms with van der Waals surface area (Å²) < 4.78 is 0. The molecule has 0 bridgehead atoms. The first-order valence-electron chi connectivity index (χ1n) is 27.4. The van der Waals surface area contributed by atoms with Crippen LogP contribution in [0.1, 0.15) is 183 Å². The van der Waals surface area contributed by atoms with Crippen molar-refractivity contribution in [3.05, 3.63) is 35.4 Å². The average Bonchev–Trinajstić information content (AvgIpc) is 3.61. The molecule has 0 fully saturated rings. The van der Waals surface area contributed by atoms with Gasteiger partial charge in [-0.2, -0.15) is 0 Å². The molecule has 0 radical (unpaired) electrons. The molecule has 0 saturated carbocycles. The second-order valence-corrected chi connectivity index (χ2v) is 22.2. The first kappa shape index (κ1) is 80.3. The monoisotopic (exact) mass is 1130 g/mol. The minimum atomic E-state index is -0.883. The highest BCUT2D eigenvalue weighted by atomic mass is 16.7. The van der Waals surface area contributed by atoms with Crippen LogP contribution in [-0.4, -0.2) is 121 Å². The third-order valence-corrected chi connectivity index (χ3v) is 10.5. The Balaban J connectivity index is -0.000000560. The van der Waals surface area contributed by atoms with Crippen molar-refractivity contribution in [1.29, 1.82) is 0 Å². The zero-order valence-electron chi connectivity index (χ0n) is 50.7. The Morgan fingerprint density at radius 3 is 1.01 bits per heavy atom. The number of nitrogens with zero attached hydrogens (tertiary/aromatic N) is 1. The van der Waals surface area contributed by atoms with Crippen molar-refractivity contribution in [3.8, 4) is 0 Å². The van der Waals surface area contributed by atoms with Crippen molar-refractivity contribution in [3.63, 3.8) is 0 Å². The molecule has 0 spiro atoms. The number of hydrogen-bond donors (Lipinski definition) is 10. The van der Waals surface area contributed by atoms with Gasteiger partial charge in [0.2, 0.25) is 11.8 Å². The molecule has 0 aliphatic carbocycles. The van der Waals surface area contributed by atoms with Gasteiger partial charge in [-0.15, -0.1) is 5.06 Å². The fourth-order valence-corrected chi connectivity index (χ4v) is 6.56. The summed E-state index contributed by atoms with van der Waals surface area (Å²) in [7, 11) is 1.00. The van der Waals surface area contributed by atoms with Gasteiger partial charge in [-0.25, -0.2) is 21.7 Å². The van der Waals surface area contributed by atoms with Gasteiger partial charge in [0.25, 0.3) is 35.4 Å². The number of aliphatic hydroxyl groups is 1. The molecular formula is C55H106N10O14. The number of aliphatic hydroxyl groups excluding tert-OH is 1. The minimum Gasteiger partial charge on any atom is -0.412 e. The number of hydrogen-bond acceptors (Lipinski definition) is 16. The molecule has 0 saturated heterocycles. The Labute approximate surface area is 471 Å². The zero-order chi connectivity index (χ0) is 60.7. The van der Waals surface area contributed by atoms with Crippen LogP contribution >= 0.6 is 0 Å². The second kappa shape index (κ2) is 46.6. The highest BCUT2D eigenvalue weighted by Crippen LogP contribution is 2.25. The summed E-state index contributed by atoms with van der Waals surface area (Å²) in [6, 6.07) is 6.54. The molecule has 0 aromatic heterocycles. The van der Waals surface area contributed by atoms with Crippen LogP contribution in [0.25, 0.3) is 0 Å². The molecule has 1 aromatic carbocycles. The smallest absolute Gasteiger partial charge is 0.285 e. The van der Waals surface area contributed by atoms with Crippen LogP contribution in [0.15, 0.2) is 24.3 Å². The molecule has 1 heterocycles. The van der Waals surface area contributed by atoms with E-state index in [0.717, 1.165) is 7.11 Å². The quantitative estimate of drug-likeness (QED) is 0.0210. The molecule has 24 heteroatoms. The molecule has 15 N–H and O–H groups in total. The van der Waals surface area contributed by atoms with Crippen molar-refractivity contribution in [1.82, 2.24) is 37.3 Å². The standard InChI is InChI=1S/C26H50N4O6.C18H24N2O4.C10H22N2O2.CH4O.H4N2.H2O/c1-17(2)13-21(25(33)27-15-19(5)6)35-29-23(31)11-9-10-12-24(32)30-36-22(14-18(3)4)26(34)28-16-20(7)8;1-11(2)9-15(16(21)19-10-12(3)4)24-20-17(22)13-7-5-6-8-14(13)18(20)23;1-7(2)5-9(14-11)10(13)12-6-8(3)4;2*1-2;/h17-22H,9-16H2,1-8H3,(H,27,33)(H,28,34)(H,29,31)(H,30,32);5-8,11-12,15H,9-10H2,1-4H3,(H,19,21);7-9H,5-6,11H2,1-4H3,(H,12,13);2H,1H3;1-2H2;1H2/t21-,22-;15-;9-;;;/m111.../s1. The number of rotatable bonds is 32. The fraction of sp³-hybridized carbons (Fsp3) is 0.745. The first-order valence-corrected chi connectivity index (χ1v) is 27.4. The fourth-order valence-electron chi connectivity index (χ4n) is 6.56. The molecule has 8 amide bonds. The van der Waals surface area contributed by atoms with Crippen molar-refractivity contribution in [2.24, 2.45) is 64.9 Å². The SMILES string of the molecule is CC(C)CNC(=O)[C@@H](CC(C)C)ON.CC(C)CNC(=O)[C@@H](CC(C)C)ON1C(=O)c2ccccc2C1=O.CC(C)CNC(=O)[C@@H](CC(C)C)ONC(=O)CCCCC(=O)NO[C@H](CC(C)C)C(=O)NCC(C)C.CO.NN.O. The number of hydrazine groups is 1. The zero-order valence-corrected chi connectivity index (χ0v) is 50.7. The molecule has 460 valence electrons. The first-order chi connectivity index (χ1) is 36.6. The Morgan fingerprint density at radius 2 is 0.734 bits per heavy atom. The van der Waals surface area contributed by atoms with Crippen LogP contribution in [0.3, 0.4) is 0 Å². The number of unbranched alkanes of at least 4 members (excludes halogenated alkanes) is 1. The Morgan fingerprint density at radius 1 is 0.468 bits per heavy atom. The number of nitrogens with two attached hydrogens (primary N) is 3. The maximum Gasteiger partial charge on any atom is 0.285 e. The second-order valence-electron chi connectivity index (χ2n) is 22.2. The van der Waals surface area contributed by atoms with Gasteiger partial charge in [0.15, 0.2) is 24.4 Å². The van der Waals surface area contributed by atoms with E-state index in [4.69, 9.17) is 25.5 Å². The minimum absolute atomic E-state index is 0. The van der Waals surface area contributed by atoms with Crippen LogP contribution in [0.2, 0.25) is 0 Å². The largest absolute Gasteiger partial charge is 0.412 e. The molecule has 2 rings (SSSR count). The molecule has 4 atom stereocenters. The number of amides is 8. The summed E-state index contributed by atoms with van der Waals surface area (Å²) in [5.41, 5.74) is 5.33. The van der Waals surface area contributed by atoms with Crippen LogP contribution in [0.4, 0.5) is 0 Å². The van der Waals surface area contributed by atoms with Crippen molar-refractivity contribution < 1.29 is 68.3 Å². The lowest BCUT2D eigenvalue weighted by atomic mass is 10.1. The summed E-state index contributed by atoms with van der Waals surface area (Å²) in [6.45, 7) is 34.2. The summed E-state index contributed by atoms with van der Waals surface area (Å²) in [5.74, 6) is 12.8. The van der Waals surface area contributed by atoms with E-state index in [0.29, 0.717) is 110 Å². The van der Waals surface area contributed by atoms with E-state index in [1.807, 2.05) is 111 Å². The van der Waals surface area contributed by atoms with Gasteiger partial charge in [-0.3, -0.25) is 64.6 Å². The molecular weight excluding hydrogens is 1020 g/mol. The van der Waals surface area contributed by atoms with Gasteiger partial charge in [0.05, 0.1) is 11.1 Å². The highest BCUT2D eigenvalue weighted by molar-refractivity contribution is 6.20. The summed E-state index contributed by atoms with van der Waals surface area (Å²) >= 11 is 0. The highest BCUT2D eigenvalue weighted by Gasteiger charge is 2.39. The summed E-state index contributed by atoms with van der Waals surface area (Å²) in [4.78, 5) is 119. The Kier molecular flexibility index (Phi) is 47.3. The van der Waals surface area contributed by atoms with Crippen LogP contribution in [0.5, 0.6) is 0 Å². The van der Waals surface area contributed by atoms with Gasteiger partial charge < -0.3 is 31.8 Å². The number of nitrogens with one attached hydrogen (secondary N) is 6. The number of fused-ring (bicyclic) bond motifs is 1. The number of carbonyl (C=O) groups is 8. The van der Waals surface area contributed by atoms with E-state index in [-0.39, 0.29) is 71.5 Å². The van der Waals surface area contributed by atoms with Crippen LogP contribution in [0, 0.1) is 47.3 Å². The van der Waals surface area contributed by atoms with Gasteiger partial charge in [-0.05, 0) is 98.0 Å². The number of benzene rings is 1. The lowest BCUT2D eigenvalue weighted by Gasteiger charge is -2.23. The molecule has 24 nitrogen and oxygen atoms in total. The molecule has 1 aliphatic heterocycles. The summed E-state index contributed by atoms with van der Waals surface area (Å²) in [5, 5.41) is 19.0. The lowest BCUT2D eigenvalue weighted by molar-refractivity contribution is -0.162. The molecule has 0 unspecified atom stereocenters.